The fourth-order valence-electron chi connectivity index (χ4n) is 4.32. The van der Waals surface area contributed by atoms with Crippen LogP contribution >= 0.6 is 0 Å². The van der Waals surface area contributed by atoms with Gasteiger partial charge in [0.05, 0.1) is 13.2 Å². The Morgan fingerprint density at radius 1 is 1.00 bits per heavy atom. The lowest BCUT2D eigenvalue weighted by Crippen LogP contribution is -2.36. The Balaban J connectivity index is 0.00000218. The van der Waals surface area contributed by atoms with Crippen molar-refractivity contribution in [1.29, 1.82) is 0 Å². The van der Waals surface area contributed by atoms with E-state index in [1.54, 1.807) is 12.3 Å². The van der Waals surface area contributed by atoms with Gasteiger partial charge in [-0.3, -0.25) is 9.36 Å². The van der Waals surface area contributed by atoms with Crippen LogP contribution in [0.5, 0.6) is 0 Å². The molecule has 2 aliphatic rings. The lowest BCUT2D eigenvalue weighted by molar-refractivity contribution is 0.122. The van der Waals surface area contributed by atoms with Gasteiger partial charge in [0.15, 0.2) is 0 Å². The number of nitrogens with zero attached hydrogens (tertiary/aromatic N) is 4. The molecular weight excluding hydrogens is 378 g/mol. The molecule has 30 heavy (non-hydrogen) atoms. The van der Waals surface area contributed by atoms with Gasteiger partial charge in [-0.2, -0.15) is 4.98 Å². The first kappa shape index (κ1) is 20.3. The minimum atomic E-state index is 0. The van der Waals surface area contributed by atoms with Gasteiger partial charge in [-0.25, -0.2) is 4.98 Å². The number of morpholine rings is 1. The van der Waals surface area contributed by atoms with Crippen LogP contribution in [0.1, 0.15) is 39.2 Å². The predicted molar refractivity (Wildman–Crippen MR) is 121 cm³/mol. The third kappa shape index (κ3) is 4.03. The number of rotatable bonds is 4. The minimum absolute atomic E-state index is 0. The zero-order valence-electron chi connectivity index (χ0n) is 16.4. The first-order valence-corrected chi connectivity index (χ1v) is 10.4. The number of fused-ring (bicyclic) bond motifs is 1. The maximum absolute atomic E-state index is 12.5. The van der Waals surface area contributed by atoms with Crippen LogP contribution in [-0.4, -0.2) is 40.8 Å². The van der Waals surface area contributed by atoms with Gasteiger partial charge in [0.1, 0.15) is 5.65 Å². The lowest BCUT2D eigenvalue weighted by atomic mass is 10.2. The first-order valence-electron chi connectivity index (χ1n) is 10.4. The molecule has 1 N–H and O–H groups in total. The second-order valence-corrected chi connectivity index (χ2v) is 7.72. The molecule has 0 bridgehead atoms. The number of hydrogen-bond donors (Lipinski definition) is 1. The van der Waals surface area contributed by atoms with Gasteiger partial charge >= 0.3 is 0 Å². The summed E-state index contributed by atoms with van der Waals surface area (Å²) in [5, 5.41) is 4.18. The van der Waals surface area contributed by atoms with Gasteiger partial charge in [-0.1, -0.05) is 20.3 Å². The van der Waals surface area contributed by atoms with E-state index in [1.165, 1.54) is 18.5 Å². The molecule has 158 valence electrons. The van der Waals surface area contributed by atoms with Crippen LogP contribution in [0.15, 0.2) is 47.4 Å². The topological polar surface area (TPSA) is 72.3 Å². The smallest absolute Gasteiger partial charge is 0.252 e. The SMILES string of the molecule is C.O=c1ccc2cnc(Nc3ccc(N4CCOCC4)cc3)nc2n1C1CCCC1. The van der Waals surface area contributed by atoms with Crippen molar-refractivity contribution in [3.63, 3.8) is 0 Å². The number of anilines is 3. The molecule has 0 radical (unpaired) electrons. The van der Waals surface area contributed by atoms with E-state index < -0.39 is 0 Å². The van der Waals surface area contributed by atoms with Crippen LogP contribution in [0.3, 0.4) is 0 Å². The molecule has 0 unspecified atom stereocenters. The van der Waals surface area contributed by atoms with E-state index in [2.05, 4.69) is 27.3 Å². The Hall–Kier alpha value is -2.93. The summed E-state index contributed by atoms with van der Waals surface area (Å²) in [6, 6.07) is 11.9. The van der Waals surface area contributed by atoms with Crippen LogP contribution in [0.25, 0.3) is 11.0 Å². The Morgan fingerprint density at radius 3 is 2.47 bits per heavy atom. The Kier molecular flexibility index (Phi) is 5.99. The molecule has 1 aliphatic heterocycles. The Bertz CT molecular complexity index is 1050. The van der Waals surface area contributed by atoms with Gasteiger partial charge < -0.3 is 15.0 Å². The molecule has 1 saturated heterocycles. The molecule has 0 atom stereocenters. The second kappa shape index (κ2) is 8.83. The average Bonchev–Trinajstić information content (AvgIpc) is 3.29. The molecule has 0 spiro atoms. The van der Waals surface area contributed by atoms with Crippen LogP contribution < -0.4 is 15.8 Å². The maximum atomic E-state index is 12.5. The molecule has 1 aliphatic carbocycles. The number of aromatic nitrogens is 3. The highest BCUT2D eigenvalue weighted by molar-refractivity contribution is 5.76. The van der Waals surface area contributed by atoms with E-state index in [0.29, 0.717) is 11.6 Å². The van der Waals surface area contributed by atoms with E-state index in [-0.39, 0.29) is 19.0 Å². The van der Waals surface area contributed by atoms with E-state index in [4.69, 9.17) is 9.72 Å². The molecule has 1 aromatic carbocycles. The van der Waals surface area contributed by atoms with Gasteiger partial charge in [0.2, 0.25) is 5.95 Å². The van der Waals surface area contributed by atoms with Crippen molar-refractivity contribution in [2.45, 2.75) is 39.2 Å². The summed E-state index contributed by atoms with van der Waals surface area (Å²) >= 11 is 0. The van der Waals surface area contributed by atoms with Crippen LogP contribution in [0.4, 0.5) is 17.3 Å². The second-order valence-electron chi connectivity index (χ2n) is 7.72. The van der Waals surface area contributed by atoms with E-state index in [9.17, 15) is 4.79 Å². The molecule has 3 aromatic rings. The standard InChI is InChI=1S/C22H25N5O2.CH4/c28-20-10-5-16-15-23-22(25-21(16)27(20)19-3-1-2-4-19)24-17-6-8-18(9-7-17)26-11-13-29-14-12-26;/h5-10,15,19H,1-4,11-14H2,(H,23,24,25);1H4. The Labute approximate surface area is 176 Å². The summed E-state index contributed by atoms with van der Waals surface area (Å²) in [5.74, 6) is 0.508. The first-order chi connectivity index (χ1) is 14.3. The molecule has 1 saturated carbocycles. The van der Waals surface area contributed by atoms with Crippen LogP contribution in [0.2, 0.25) is 0 Å². The summed E-state index contributed by atoms with van der Waals surface area (Å²) in [6.07, 6.45) is 6.19. The summed E-state index contributed by atoms with van der Waals surface area (Å²) < 4.78 is 7.28. The van der Waals surface area contributed by atoms with Crippen LogP contribution in [0, 0.1) is 0 Å². The van der Waals surface area contributed by atoms with Crippen LogP contribution in [-0.2, 0) is 4.74 Å². The van der Waals surface area contributed by atoms with Gasteiger partial charge in [0.25, 0.3) is 5.56 Å². The van der Waals surface area contributed by atoms with Crippen molar-refractivity contribution in [3.8, 4) is 0 Å². The molecule has 2 aromatic heterocycles. The highest BCUT2D eigenvalue weighted by Gasteiger charge is 2.20. The highest BCUT2D eigenvalue weighted by atomic mass is 16.5. The molecule has 0 amide bonds. The third-order valence-corrected chi connectivity index (χ3v) is 5.86. The molecule has 5 rings (SSSR count). The minimum Gasteiger partial charge on any atom is -0.378 e. The fourth-order valence-corrected chi connectivity index (χ4v) is 4.32. The maximum Gasteiger partial charge on any atom is 0.252 e. The summed E-state index contributed by atoms with van der Waals surface area (Å²) in [6.45, 7) is 3.37. The lowest BCUT2D eigenvalue weighted by Gasteiger charge is -2.28. The third-order valence-electron chi connectivity index (χ3n) is 5.86. The van der Waals surface area contributed by atoms with Crippen molar-refractivity contribution in [2.75, 3.05) is 36.5 Å². The summed E-state index contributed by atoms with van der Waals surface area (Å²) in [5.41, 5.74) is 2.84. The summed E-state index contributed by atoms with van der Waals surface area (Å²) in [4.78, 5) is 24.0. The number of nitrogens with one attached hydrogen (secondary N) is 1. The average molecular weight is 408 g/mol. The normalized spacial score (nSPS) is 17.1. The largest absolute Gasteiger partial charge is 0.378 e. The van der Waals surface area contributed by atoms with Gasteiger partial charge in [-0.05, 0) is 43.2 Å². The number of pyridine rings is 1. The predicted octanol–water partition coefficient (Wildman–Crippen LogP) is 4.12. The summed E-state index contributed by atoms with van der Waals surface area (Å²) in [7, 11) is 0. The molecule has 2 fully saturated rings. The number of ether oxygens (including phenoxy) is 1. The van der Waals surface area contributed by atoms with Gasteiger partial charge in [-0.15, -0.1) is 0 Å². The van der Waals surface area contributed by atoms with E-state index in [1.807, 2.05) is 22.8 Å². The highest BCUT2D eigenvalue weighted by Crippen LogP contribution is 2.30. The van der Waals surface area contributed by atoms with Crippen molar-refractivity contribution in [1.82, 2.24) is 14.5 Å². The molecule has 3 heterocycles. The molecular formula is C23H29N5O2. The van der Waals surface area contributed by atoms with E-state index >= 15 is 0 Å². The van der Waals surface area contributed by atoms with Crippen molar-refractivity contribution in [3.05, 3.63) is 52.9 Å². The molecule has 7 heteroatoms. The van der Waals surface area contributed by atoms with E-state index in [0.717, 1.165) is 50.2 Å². The fraction of sp³-hybridized carbons (Fsp3) is 0.435. The zero-order valence-corrected chi connectivity index (χ0v) is 16.4. The quantitative estimate of drug-likeness (QED) is 0.701. The monoisotopic (exact) mass is 407 g/mol. The number of benzene rings is 1. The van der Waals surface area contributed by atoms with Crippen molar-refractivity contribution < 1.29 is 4.74 Å². The number of hydrogen-bond acceptors (Lipinski definition) is 6. The van der Waals surface area contributed by atoms with Gasteiger partial charge in [0, 0.05) is 48.2 Å². The van der Waals surface area contributed by atoms with Crippen molar-refractivity contribution >= 4 is 28.4 Å². The zero-order chi connectivity index (χ0) is 19.6. The Morgan fingerprint density at radius 2 is 1.73 bits per heavy atom. The molecule has 7 nitrogen and oxygen atoms in total. The van der Waals surface area contributed by atoms with Crippen molar-refractivity contribution in [2.24, 2.45) is 0 Å².